The molecule has 4 heterocycles. The Bertz CT molecular complexity index is 2590. The van der Waals surface area contributed by atoms with E-state index in [2.05, 4.69) is 9.62 Å². The summed E-state index contributed by atoms with van der Waals surface area (Å²) >= 11 is 6.86. The van der Waals surface area contributed by atoms with Gasteiger partial charge in [0.1, 0.15) is 17.5 Å². The van der Waals surface area contributed by atoms with Gasteiger partial charge in [0.15, 0.2) is 11.5 Å². The maximum absolute atomic E-state index is 15.1. The number of morpholine rings is 1. The van der Waals surface area contributed by atoms with E-state index in [0.29, 0.717) is 29.9 Å². The van der Waals surface area contributed by atoms with Crippen molar-refractivity contribution in [1.82, 2.24) is 29.2 Å². The Kier molecular flexibility index (Phi) is 11.2. The van der Waals surface area contributed by atoms with Gasteiger partial charge < -0.3 is 10.5 Å². The third-order valence-corrected chi connectivity index (χ3v) is 11.9. The molecule has 1 aliphatic heterocycles. The number of halogens is 5. The van der Waals surface area contributed by atoms with Crippen molar-refractivity contribution in [3.8, 4) is 5.69 Å². The van der Waals surface area contributed by atoms with E-state index in [1.807, 2.05) is 34.6 Å². The molecule has 318 valence electrons. The predicted molar refractivity (Wildman–Crippen MR) is 220 cm³/mol. The molecule has 3 aromatic heterocycles. The third kappa shape index (κ3) is 9.14. The summed E-state index contributed by atoms with van der Waals surface area (Å²) in [5.74, 6) is -4.76. The van der Waals surface area contributed by atoms with Crippen LogP contribution in [0.2, 0.25) is 5.02 Å². The first-order valence-corrected chi connectivity index (χ1v) is 21.8. The van der Waals surface area contributed by atoms with Gasteiger partial charge in [-0.05, 0) is 102 Å². The monoisotopic (exact) mass is 860 g/mol. The van der Waals surface area contributed by atoms with Crippen LogP contribution in [0.15, 0.2) is 41.2 Å². The largest absolute Gasteiger partial charge is 0.367 e. The standard InChI is InChI=1S/C41H49ClF4N8O4S/c1-22-14-30(25-10-12-41(45,46)13-11-25)48-35-32(22)38(55)54(37(49-35)29(47)17-24-15-26(43)18-27(44)16-24)31-9-8-28(42)33-34(31)53(50-36(33)51-59(7,56)57)19-23(2)52-20-39(3,4)58-40(5,6)21-52/h8-9,14-16,18,23,25,29H,10-13,17,19-21,47H2,1-7H3,(H,50,51)/t23-,29+/m1/s1. The van der Waals surface area contributed by atoms with Gasteiger partial charge in [-0.2, -0.15) is 5.10 Å². The Balaban J connectivity index is 1.46. The summed E-state index contributed by atoms with van der Waals surface area (Å²) in [6, 6.07) is 6.49. The Morgan fingerprint density at radius 1 is 1.00 bits per heavy atom. The molecule has 1 saturated heterocycles. The summed E-state index contributed by atoms with van der Waals surface area (Å²) in [6.45, 7) is 13.2. The van der Waals surface area contributed by atoms with Crippen molar-refractivity contribution in [1.29, 1.82) is 0 Å². The average Bonchev–Trinajstić information content (AvgIpc) is 3.43. The van der Waals surface area contributed by atoms with Gasteiger partial charge in [0.2, 0.25) is 15.9 Å². The van der Waals surface area contributed by atoms with Crippen LogP contribution in [0, 0.1) is 18.6 Å². The Hall–Kier alpha value is -4.16. The molecular formula is C41H49ClF4N8O4S. The van der Waals surface area contributed by atoms with Gasteiger partial charge >= 0.3 is 0 Å². The number of sulfonamides is 1. The summed E-state index contributed by atoms with van der Waals surface area (Å²) in [7, 11) is -3.88. The highest BCUT2D eigenvalue weighted by Gasteiger charge is 2.40. The Labute approximate surface area is 345 Å². The highest BCUT2D eigenvalue weighted by Crippen LogP contribution is 2.41. The molecule has 2 fully saturated rings. The fourth-order valence-corrected chi connectivity index (χ4v) is 9.58. The first-order valence-electron chi connectivity index (χ1n) is 19.5. The molecule has 2 atom stereocenters. The van der Waals surface area contributed by atoms with Gasteiger partial charge in [-0.25, -0.2) is 35.9 Å². The minimum Gasteiger partial charge on any atom is -0.367 e. The lowest BCUT2D eigenvalue weighted by Crippen LogP contribution is -2.59. The van der Waals surface area contributed by atoms with Crippen LogP contribution in [0.1, 0.15) is 94.9 Å². The van der Waals surface area contributed by atoms with Crippen LogP contribution in [0.3, 0.4) is 0 Å². The summed E-state index contributed by atoms with van der Waals surface area (Å²) in [4.78, 5) is 27.0. The van der Waals surface area contributed by atoms with E-state index in [1.54, 1.807) is 23.7 Å². The van der Waals surface area contributed by atoms with Gasteiger partial charge in [0.25, 0.3) is 5.56 Å². The SMILES string of the molecule is Cc1cc(C2CCC(F)(F)CC2)nc2nc([C@@H](N)Cc3cc(F)cc(F)c3)n(-c3ccc(Cl)c4c(NS(C)(=O)=O)nn(C[C@@H](C)N5CC(C)(C)OC(C)(C)C5)c34)c(=O)c12. The minimum absolute atomic E-state index is 0.0230. The maximum atomic E-state index is 15.1. The molecule has 0 bridgehead atoms. The first-order chi connectivity index (χ1) is 27.4. The number of aromatic nitrogens is 5. The molecule has 0 amide bonds. The number of hydrogen-bond acceptors (Lipinski definition) is 9. The lowest BCUT2D eigenvalue weighted by atomic mass is 9.84. The van der Waals surface area contributed by atoms with E-state index >= 15 is 4.79 Å². The molecule has 1 saturated carbocycles. The zero-order valence-corrected chi connectivity index (χ0v) is 35.6. The fraction of sp³-hybridized carbons (Fsp3) is 0.512. The van der Waals surface area contributed by atoms with E-state index in [4.69, 9.17) is 37.1 Å². The zero-order chi connectivity index (χ0) is 43.0. The second kappa shape index (κ2) is 15.4. The van der Waals surface area contributed by atoms with Gasteiger partial charge in [-0.15, -0.1) is 0 Å². The number of benzene rings is 2. The fourth-order valence-electron chi connectivity index (χ4n) is 8.85. The van der Waals surface area contributed by atoms with Crippen LogP contribution in [0.25, 0.3) is 27.6 Å². The van der Waals surface area contributed by atoms with E-state index < -0.39 is 50.4 Å². The molecule has 0 radical (unpaired) electrons. The van der Waals surface area contributed by atoms with E-state index in [9.17, 15) is 26.0 Å². The minimum atomic E-state index is -3.88. The van der Waals surface area contributed by atoms with E-state index in [1.165, 1.54) is 10.6 Å². The second-order valence-electron chi connectivity index (χ2n) is 17.5. The molecule has 0 unspecified atom stereocenters. The van der Waals surface area contributed by atoms with Crippen LogP contribution in [-0.4, -0.2) is 80.1 Å². The van der Waals surface area contributed by atoms with Crippen molar-refractivity contribution in [3.63, 3.8) is 0 Å². The number of anilines is 1. The first kappa shape index (κ1) is 42.9. The number of pyridine rings is 1. The summed E-state index contributed by atoms with van der Waals surface area (Å²) in [5.41, 5.74) is 7.09. The van der Waals surface area contributed by atoms with Gasteiger partial charge in [0, 0.05) is 49.7 Å². The summed E-state index contributed by atoms with van der Waals surface area (Å²) < 4.78 is 94.2. The van der Waals surface area contributed by atoms with E-state index in [-0.39, 0.29) is 94.9 Å². The quantitative estimate of drug-likeness (QED) is 0.136. The van der Waals surface area contributed by atoms with Crippen molar-refractivity contribution < 1.29 is 30.7 Å². The summed E-state index contributed by atoms with van der Waals surface area (Å²) in [5, 5.41) is 5.23. The predicted octanol–water partition coefficient (Wildman–Crippen LogP) is 7.56. The lowest BCUT2D eigenvalue weighted by molar-refractivity contribution is -0.187. The molecule has 0 spiro atoms. The number of aryl methyl sites for hydroxylation is 1. The molecule has 2 aromatic carbocycles. The van der Waals surface area contributed by atoms with Crippen molar-refractivity contribution in [2.45, 2.75) is 115 Å². The number of nitrogens with one attached hydrogen (secondary N) is 1. The van der Waals surface area contributed by atoms with Crippen molar-refractivity contribution >= 4 is 49.4 Å². The highest BCUT2D eigenvalue weighted by atomic mass is 35.5. The molecule has 12 nitrogen and oxygen atoms in total. The number of hydrogen-bond donors (Lipinski definition) is 2. The number of alkyl halides is 2. The highest BCUT2D eigenvalue weighted by molar-refractivity contribution is 7.92. The van der Waals surface area contributed by atoms with Crippen molar-refractivity contribution in [2.24, 2.45) is 5.73 Å². The third-order valence-electron chi connectivity index (χ3n) is 11.1. The molecule has 5 aromatic rings. The number of fused-ring (bicyclic) bond motifs is 2. The second-order valence-corrected chi connectivity index (χ2v) is 19.6. The van der Waals surface area contributed by atoms with Gasteiger partial charge in [-0.1, -0.05) is 11.6 Å². The van der Waals surface area contributed by atoms with Crippen LogP contribution < -0.4 is 16.0 Å². The number of nitrogens with two attached hydrogens (primary N) is 1. The molecule has 1 aliphatic carbocycles. The normalized spacial score (nSPS) is 19.6. The molecule has 3 N–H and O–H groups in total. The number of rotatable bonds is 10. The maximum Gasteiger partial charge on any atom is 0.268 e. The number of ether oxygens (including phenoxy) is 1. The van der Waals surface area contributed by atoms with Gasteiger partial charge in [-0.3, -0.25) is 23.7 Å². The molecule has 18 heteroatoms. The van der Waals surface area contributed by atoms with Crippen LogP contribution in [0.5, 0.6) is 0 Å². The van der Waals surface area contributed by atoms with Crippen LogP contribution in [-0.2, 0) is 27.7 Å². The number of nitrogens with zero attached hydrogens (tertiary/aromatic N) is 6. The lowest BCUT2D eigenvalue weighted by Gasteiger charge is -2.49. The van der Waals surface area contributed by atoms with Crippen molar-refractivity contribution in [2.75, 3.05) is 24.1 Å². The van der Waals surface area contributed by atoms with E-state index in [0.717, 1.165) is 24.5 Å². The topological polar surface area (TPSA) is 150 Å². The summed E-state index contributed by atoms with van der Waals surface area (Å²) in [6.07, 6.45) is 0.661. The molecule has 2 aliphatic rings. The molecule has 59 heavy (non-hydrogen) atoms. The zero-order valence-electron chi connectivity index (χ0n) is 34.0. The van der Waals surface area contributed by atoms with Crippen LogP contribution >= 0.6 is 11.6 Å². The van der Waals surface area contributed by atoms with Crippen LogP contribution in [0.4, 0.5) is 23.4 Å². The Morgan fingerprint density at radius 3 is 2.24 bits per heavy atom. The van der Waals surface area contributed by atoms with Gasteiger partial charge in [0.05, 0.1) is 57.0 Å². The molecule has 7 rings (SSSR count). The molecular weight excluding hydrogens is 812 g/mol. The Morgan fingerprint density at radius 2 is 1.63 bits per heavy atom. The van der Waals surface area contributed by atoms with Crippen molar-refractivity contribution in [3.05, 3.63) is 86.1 Å². The smallest absolute Gasteiger partial charge is 0.268 e. The average molecular weight is 861 g/mol.